The Morgan fingerprint density at radius 3 is 2.71 bits per heavy atom. The van der Waals surface area contributed by atoms with Gasteiger partial charge in [-0.2, -0.15) is 0 Å². The van der Waals surface area contributed by atoms with Gasteiger partial charge in [-0.1, -0.05) is 26.0 Å². The second-order valence-electron chi connectivity index (χ2n) is 5.96. The molecule has 1 saturated heterocycles. The highest BCUT2D eigenvalue weighted by molar-refractivity contribution is 5.22. The van der Waals surface area contributed by atoms with E-state index in [0.29, 0.717) is 5.56 Å². The van der Waals surface area contributed by atoms with E-state index in [1.807, 2.05) is 6.92 Å². The van der Waals surface area contributed by atoms with Gasteiger partial charge in [0.1, 0.15) is 0 Å². The van der Waals surface area contributed by atoms with Gasteiger partial charge in [0.05, 0.1) is 5.60 Å². The summed E-state index contributed by atoms with van der Waals surface area (Å²) in [5.74, 6) is -1.54. The fraction of sp³-hybridized carbons (Fsp3) is 0.647. The molecule has 0 bridgehead atoms. The largest absolute Gasteiger partial charge is 0.375 e. The summed E-state index contributed by atoms with van der Waals surface area (Å²) in [6.07, 6.45) is 3.78. The molecule has 1 aromatic carbocycles. The zero-order valence-electron chi connectivity index (χ0n) is 13.1. The van der Waals surface area contributed by atoms with Crippen molar-refractivity contribution in [2.75, 3.05) is 6.61 Å². The average Bonchev–Trinajstić information content (AvgIpc) is 2.50. The van der Waals surface area contributed by atoms with Crippen LogP contribution >= 0.6 is 0 Å². The second kappa shape index (κ2) is 6.84. The highest BCUT2D eigenvalue weighted by Crippen LogP contribution is 2.32. The third kappa shape index (κ3) is 3.61. The molecule has 0 radical (unpaired) electrons. The topological polar surface area (TPSA) is 21.3 Å². The summed E-state index contributed by atoms with van der Waals surface area (Å²) in [5, 5.41) is 3.44. The average molecular weight is 297 g/mol. The number of rotatable bonds is 5. The Labute approximate surface area is 125 Å². The Morgan fingerprint density at radius 1 is 1.33 bits per heavy atom. The summed E-state index contributed by atoms with van der Waals surface area (Å²) in [6.45, 7) is 6.88. The minimum Gasteiger partial charge on any atom is -0.375 e. The summed E-state index contributed by atoms with van der Waals surface area (Å²) in [5.41, 5.74) is 0.316. The number of ether oxygens (including phenoxy) is 1. The third-order valence-corrected chi connectivity index (χ3v) is 4.72. The van der Waals surface area contributed by atoms with Crippen molar-refractivity contribution in [3.63, 3.8) is 0 Å². The number of halogens is 2. The van der Waals surface area contributed by atoms with Crippen LogP contribution in [0.15, 0.2) is 18.2 Å². The first kappa shape index (κ1) is 16.4. The van der Waals surface area contributed by atoms with E-state index < -0.39 is 11.6 Å². The van der Waals surface area contributed by atoms with E-state index in [1.165, 1.54) is 0 Å². The normalized spacial score (nSPS) is 23.0. The molecule has 2 rings (SSSR count). The van der Waals surface area contributed by atoms with Crippen molar-refractivity contribution in [2.24, 2.45) is 0 Å². The van der Waals surface area contributed by atoms with Crippen LogP contribution in [0.5, 0.6) is 0 Å². The van der Waals surface area contributed by atoms with Gasteiger partial charge in [0.15, 0.2) is 11.6 Å². The lowest BCUT2D eigenvalue weighted by Crippen LogP contribution is -2.47. The van der Waals surface area contributed by atoms with Crippen LogP contribution < -0.4 is 5.32 Å². The minimum atomic E-state index is -0.787. The van der Waals surface area contributed by atoms with Gasteiger partial charge in [0, 0.05) is 24.3 Å². The SMILES string of the molecule is CCC1(CC)CC(NC(C)c2cccc(F)c2F)CCO1. The molecule has 1 heterocycles. The number of benzene rings is 1. The molecular formula is C17H25F2NO. The summed E-state index contributed by atoms with van der Waals surface area (Å²) in [4.78, 5) is 0. The molecule has 2 nitrogen and oxygen atoms in total. The first-order valence-corrected chi connectivity index (χ1v) is 7.85. The zero-order valence-corrected chi connectivity index (χ0v) is 13.1. The Bertz CT molecular complexity index is 474. The van der Waals surface area contributed by atoms with E-state index >= 15 is 0 Å². The van der Waals surface area contributed by atoms with Crippen LogP contribution in [0, 0.1) is 11.6 Å². The molecule has 0 spiro atoms. The first-order chi connectivity index (χ1) is 10.0. The Morgan fingerprint density at radius 2 is 2.05 bits per heavy atom. The lowest BCUT2D eigenvalue weighted by atomic mass is 9.85. The van der Waals surface area contributed by atoms with E-state index in [-0.39, 0.29) is 17.7 Å². The quantitative estimate of drug-likeness (QED) is 0.872. The van der Waals surface area contributed by atoms with E-state index in [2.05, 4.69) is 19.2 Å². The van der Waals surface area contributed by atoms with Crippen molar-refractivity contribution in [1.29, 1.82) is 0 Å². The summed E-state index contributed by atoms with van der Waals surface area (Å²) < 4.78 is 33.1. The molecule has 1 aliphatic rings. The van der Waals surface area contributed by atoms with Crippen LogP contribution in [-0.2, 0) is 4.74 Å². The van der Waals surface area contributed by atoms with Crippen molar-refractivity contribution in [3.8, 4) is 0 Å². The van der Waals surface area contributed by atoms with Gasteiger partial charge in [-0.3, -0.25) is 0 Å². The molecule has 4 heteroatoms. The molecule has 1 N–H and O–H groups in total. The monoisotopic (exact) mass is 297 g/mol. The summed E-state index contributed by atoms with van der Waals surface area (Å²) in [7, 11) is 0. The van der Waals surface area contributed by atoms with Crippen molar-refractivity contribution < 1.29 is 13.5 Å². The van der Waals surface area contributed by atoms with Crippen LogP contribution in [0.4, 0.5) is 8.78 Å². The lowest BCUT2D eigenvalue weighted by molar-refractivity contribution is -0.0940. The number of nitrogens with one attached hydrogen (secondary N) is 1. The van der Waals surface area contributed by atoms with Crippen LogP contribution in [-0.4, -0.2) is 18.2 Å². The van der Waals surface area contributed by atoms with Gasteiger partial charge in [0.25, 0.3) is 0 Å². The van der Waals surface area contributed by atoms with E-state index in [1.54, 1.807) is 12.1 Å². The first-order valence-electron chi connectivity index (χ1n) is 7.85. The third-order valence-electron chi connectivity index (χ3n) is 4.72. The number of hydrogen-bond donors (Lipinski definition) is 1. The molecule has 2 atom stereocenters. The van der Waals surface area contributed by atoms with Crippen LogP contribution in [0.2, 0.25) is 0 Å². The van der Waals surface area contributed by atoms with Crippen LogP contribution in [0.3, 0.4) is 0 Å². The maximum Gasteiger partial charge on any atom is 0.163 e. The molecule has 2 unspecified atom stereocenters. The smallest absolute Gasteiger partial charge is 0.163 e. The van der Waals surface area contributed by atoms with Gasteiger partial charge >= 0.3 is 0 Å². The minimum absolute atomic E-state index is 0.0733. The Balaban J connectivity index is 2.05. The maximum absolute atomic E-state index is 13.9. The maximum atomic E-state index is 13.9. The van der Waals surface area contributed by atoms with Crippen molar-refractivity contribution in [2.45, 2.75) is 64.1 Å². The van der Waals surface area contributed by atoms with Gasteiger partial charge in [-0.05, 0) is 38.7 Å². The van der Waals surface area contributed by atoms with E-state index in [0.717, 1.165) is 38.4 Å². The molecule has 0 aromatic heterocycles. The van der Waals surface area contributed by atoms with Crippen LogP contribution in [0.25, 0.3) is 0 Å². The Kier molecular flexibility index (Phi) is 5.33. The molecule has 0 amide bonds. The predicted molar refractivity (Wildman–Crippen MR) is 80.2 cm³/mol. The lowest BCUT2D eigenvalue weighted by Gasteiger charge is -2.41. The molecule has 0 saturated carbocycles. The van der Waals surface area contributed by atoms with Crippen molar-refractivity contribution >= 4 is 0 Å². The highest BCUT2D eigenvalue weighted by Gasteiger charge is 2.35. The standard InChI is InChI=1S/C17H25F2NO/c1-4-17(5-2)11-13(9-10-21-17)20-12(3)14-7-6-8-15(18)16(14)19/h6-8,12-13,20H,4-5,9-11H2,1-3H3. The van der Waals surface area contributed by atoms with Gasteiger partial charge in [-0.25, -0.2) is 8.78 Å². The predicted octanol–water partition coefficient (Wildman–Crippen LogP) is 4.35. The van der Waals surface area contributed by atoms with Gasteiger partial charge < -0.3 is 10.1 Å². The van der Waals surface area contributed by atoms with E-state index in [4.69, 9.17) is 4.74 Å². The molecule has 118 valence electrons. The molecule has 1 aromatic rings. The van der Waals surface area contributed by atoms with Gasteiger partial charge in [-0.15, -0.1) is 0 Å². The molecule has 1 fully saturated rings. The molecule has 1 aliphatic heterocycles. The van der Waals surface area contributed by atoms with Crippen molar-refractivity contribution in [1.82, 2.24) is 5.32 Å². The summed E-state index contributed by atoms with van der Waals surface area (Å²) >= 11 is 0. The van der Waals surface area contributed by atoms with Crippen LogP contribution in [0.1, 0.15) is 58.1 Å². The number of hydrogen-bond acceptors (Lipinski definition) is 2. The molecule has 21 heavy (non-hydrogen) atoms. The Hall–Kier alpha value is -1.00. The highest BCUT2D eigenvalue weighted by atomic mass is 19.2. The zero-order chi connectivity index (χ0) is 15.5. The van der Waals surface area contributed by atoms with E-state index in [9.17, 15) is 8.78 Å². The molecular weight excluding hydrogens is 272 g/mol. The molecule has 0 aliphatic carbocycles. The van der Waals surface area contributed by atoms with Crippen molar-refractivity contribution in [3.05, 3.63) is 35.4 Å². The fourth-order valence-corrected chi connectivity index (χ4v) is 3.21. The second-order valence-corrected chi connectivity index (χ2v) is 5.96. The summed E-state index contributed by atoms with van der Waals surface area (Å²) in [6, 6.07) is 4.41. The fourth-order valence-electron chi connectivity index (χ4n) is 3.21. The van der Waals surface area contributed by atoms with Gasteiger partial charge in [0.2, 0.25) is 0 Å².